The largest absolute Gasteiger partial charge is 0.480 e. The summed E-state index contributed by atoms with van der Waals surface area (Å²) >= 11 is 0. The summed E-state index contributed by atoms with van der Waals surface area (Å²) in [4.78, 5) is 15.6. The number of amides is 1. The fourth-order valence-corrected chi connectivity index (χ4v) is 1.66. The monoisotopic (exact) mass is 278 g/mol. The number of aromatic nitrogens is 1. The Hall–Kier alpha value is -2.50. The third-order valence-electron chi connectivity index (χ3n) is 2.65. The first-order chi connectivity index (χ1) is 9.61. The van der Waals surface area contributed by atoms with Crippen LogP contribution in [0.2, 0.25) is 0 Å². The molecule has 1 amide bonds. The minimum Gasteiger partial charge on any atom is -0.480 e. The lowest BCUT2D eigenvalue weighted by atomic mass is 10.2. The van der Waals surface area contributed by atoms with E-state index < -0.39 is 17.5 Å². The van der Waals surface area contributed by atoms with Gasteiger partial charge in [0.2, 0.25) is 5.88 Å². The van der Waals surface area contributed by atoms with E-state index in [1.165, 1.54) is 13.2 Å². The molecule has 0 saturated heterocycles. The second kappa shape index (κ2) is 6.10. The predicted molar refractivity (Wildman–Crippen MR) is 68.3 cm³/mol. The molecule has 0 spiro atoms. The maximum Gasteiger partial charge on any atom is 0.257 e. The SMILES string of the molecule is COc1ncc(F)cc1C(=O)NCc1ccccc1F. The van der Waals surface area contributed by atoms with E-state index in [9.17, 15) is 13.6 Å². The van der Waals surface area contributed by atoms with Crippen LogP contribution in [0.25, 0.3) is 0 Å². The van der Waals surface area contributed by atoms with Crippen LogP contribution in [0.5, 0.6) is 5.88 Å². The second-order valence-corrected chi connectivity index (χ2v) is 3.98. The number of pyridine rings is 1. The van der Waals surface area contributed by atoms with Gasteiger partial charge >= 0.3 is 0 Å². The predicted octanol–water partition coefficient (Wildman–Crippen LogP) is 2.30. The summed E-state index contributed by atoms with van der Waals surface area (Å²) in [6, 6.07) is 7.08. The Morgan fingerprint density at radius 1 is 1.35 bits per heavy atom. The minimum absolute atomic E-state index is 0.00876. The summed E-state index contributed by atoms with van der Waals surface area (Å²) in [6.07, 6.45) is 0.951. The van der Waals surface area contributed by atoms with Crippen molar-refractivity contribution in [3.63, 3.8) is 0 Å². The van der Waals surface area contributed by atoms with E-state index in [1.807, 2.05) is 0 Å². The molecule has 1 N–H and O–H groups in total. The third kappa shape index (κ3) is 3.09. The van der Waals surface area contributed by atoms with E-state index in [0.29, 0.717) is 5.56 Å². The molecule has 4 nitrogen and oxygen atoms in total. The summed E-state index contributed by atoms with van der Waals surface area (Å²) in [5, 5.41) is 2.49. The first-order valence-electron chi connectivity index (χ1n) is 5.83. The minimum atomic E-state index is -0.651. The standard InChI is InChI=1S/C14H12F2N2O2/c1-20-14-11(6-10(15)8-18-14)13(19)17-7-9-4-2-3-5-12(9)16/h2-6,8H,7H2,1H3,(H,17,19). The van der Waals surface area contributed by atoms with E-state index in [2.05, 4.69) is 10.3 Å². The van der Waals surface area contributed by atoms with Crippen molar-refractivity contribution in [3.8, 4) is 5.88 Å². The lowest BCUT2D eigenvalue weighted by Crippen LogP contribution is -2.24. The number of hydrogen-bond acceptors (Lipinski definition) is 3. The van der Waals surface area contributed by atoms with Gasteiger partial charge in [-0.2, -0.15) is 0 Å². The van der Waals surface area contributed by atoms with Crippen molar-refractivity contribution in [2.75, 3.05) is 7.11 Å². The first-order valence-corrected chi connectivity index (χ1v) is 5.83. The van der Waals surface area contributed by atoms with Crippen LogP contribution >= 0.6 is 0 Å². The first kappa shape index (κ1) is 13.9. The van der Waals surface area contributed by atoms with Crippen molar-refractivity contribution < 1.29 is 18.3 Å². The highest BCUT2D eigenvalue weighted by molar-refractivity contribution is 5.96. The maximum absolute atomic E-state index is 13.4. The Morgan fingerprint density at radius 3 is 2.80 bits per heavy atom. The van der Waals surface area contributed by atoms with Crippen molar-refractivity contribution >= 4 is 5.91 Å². The average Bonchev–Trinajstić information content (AvgIpc) is 2.46. The maximum atomic E-state index is 13.4. The molecule has 0 fully saturated rings. The molecule has 0 saturated carbocycles. The van der Waals surface area contributed by atoms with Crippen molar-refractivity contribution in [2.45, 2.75) is 6.54 Å². The Labute approximate surface area is 114 Å². The molecular weight excluding hydrogens is 266 g/mol. The van der Waals surface area contributed by atoms with Gasteiger partial charge in [-0.1, -0.05) is 18.2 Å². The van der Waals surface area contributed by atoms with Crippen LogP contribution in [-0.2, 0) is 6.54 Å². The number of carbonyl (C=O) groups excluding carboxylic acids is 1. The molecule has 1 aromatic carbocycles. The van der Waals surface area contributed by atoms with Crippen LogP contribution in [0.15, 0.2) is 36.5 Å². The molecule has 0 aliphatic carbocycles. The number of ether oxygens (including phenoxy) is 1. The highest BCUT2D eigenvalue weighted by atomic mass is 19.1. The Bertz CT molecular complexity index is 632. The number of benzene rings is 1. The number of carbonyl (C=O) groups is 1. The Morgan fingerprint density at radius 2 is 2.10 bits per heavy atom. The number of rotatable bonds is 4. The number of hydrogen-bond donors (Lipinski definition) is 1. The molecule has 0 aliphatic rings. The topological polar surface area (TPSA) is 51.2 Å². The number of nitrogens with zero attached hydrogens (tertiary/aromatic N) is 1. The normalized spacial score (nSPS) is 10.2. The Balaban J connectivity index is 2.13. The van der Waals surface area contributed by atoms with Gasteiger partial charge in [0.05, 0.1) is 13.3 Å². The van der Waals surface area contributed by atoms with E-state index >= 15 is 0 Å². The highest BCUT2D eigenvalue weighted by Crippen LogP contribution is 2.16. The van der Waals surface area contributed by atoms with Gasteiger partial charge in [-0.15, -0.1) is 0 Å². The van der Waals surface area contributed by atoms with Gasteiger partial charge in [0.1, 0.15) is 17.2 Å². The van der Waals surface area contributed by atoms with Crippen LogP contribution < -0.4 is 10.1 Å². The van der Waals surface area contributed by atoms with Crippen molar-refractivity contribution in [3.05, 3.63) is 59.3 Å². The second-order valence-electron chi connectivity index (χ2n) is 3.98. The molecule has 104 valence electrons. The number of nitrogens with one attached hydrogen (secondary N) is 1. The summed E-state index contributed by atoms with van der Waals surface area (Å²) in [7, 11) is 1.33. The summed E-state index contributed by atoms with van der Waals surface area (Å²) < 4.78 is 31.4. The smallest absolute Gasteiger partial charge is 0.257 e. The van der Waals surface area contributed by atoms with E-state index in [-0.39, 0.29) is 18.0 Å². The van der Waals surface area contributed by atoms with Crippen LogP contribution in [0.4, 0.5) is 8.78 Å². The number of methoxy groups -OCH3 is 1. The van der Waals surface area contributed by atoms with Crippen LogP contribution in [0, 0.1) is 11.6 Å². The van der Waals surface area contributed by atoms with E-state index in [1.54, 1.807) is 18.2 Å². The zero-order chi connectivity index (χ0) is 14.5. The zero-order valence-electron chi connectivity index (χ0n) is 10.7. The van der Waals surface area contributed by atoms with Crippen LogP contribution in [-0.4, -0.2) is 18.0 Å². The average molecular weight is 278 g/mol. The zero-order valence-corrected chi connectivity index (χ0v) is 10.7. The molecule has 0 bridgehead atoms. The van der Waals surface area contributed by atoms with Gasteiger partial charge in [-0.25, -0.2) is 13.8 Å². The van der Waals surface area contributed by atoms with Crippen molar-refractivity contribution in [1.29, 1.82) is 0 Å². The molecule has 0 unspecified atom stereocenters. The van der Waals surface area contributed by atoms with Crippen LogP contribution in [0.1, 0.15) is 15.9 Å². The Kier molecular flexibility index (Phi) is 4.24. The van der Waals surface area contributed by atoms with E-state index in [0.717, 1.165) is 12.3 Å². The number of halogens is 2. The highest BCUT2D eigenvalue weighted by Gasteiger charge is 2.15. The van der Waals surface area contributed by atoms with Gasteiger partial charge in [0, 0.05) is 12.1 Å². The van der Waals surface area contributed by atoms with Gasteiger partial charge in [-0.3, -0.25) is 4.79 Å². The van der Waals surface area contributed by atoms with Crippen LogP contribution in [0.3, 0.4) is 0 Å². The van der Waals surface area contributed by atoms with Gasteiger partial charge < -0.3 is 10.1 Å². The fourth-order valence-electron chi connectivity index (χ4n) is 1.66. The molecule has 2 rings (SSSR count). The quantitative estimate of drug-likeness (QED) is 0.933. The van der Waals surface area contributed by atoms with Gasteiger partial charge in [0.25, 0.3) is 5.91 Å². The van der Waals surface area contributed by atoms with E-state index in [4.69, 9.17) is 4.74 Å². The summed E-state index contributed by atoms with van der Waals surface area (Å²) in [6.45, 7) is -0.00876. The van der Waals surface area contributed by atoms with Gasteiger partial charge in [-0.05, 0) is 12.1 Å². The molecule has 20 heavy (non-hydrogen) atoms. The molecule has 2 aromatic rings. The molecule has 1 heterocycles. The summed E-state index contributed by atoms with van der Waals surface area (Å²) in [5.41, 5.74) is 0.299. The molecule has 6 heteroatoms. The molecular formula is C14H12F2N2O2. The van der Waals surface area contributed by atoms with Gasteiger partial charge in [0.15, 0.2) is 0 Å². The van der Waals surface area contributed by atoms with Crippen molar-refractivity contribution in [2.24, 2.45) is 0 Å². The molecule has 0 radical (unpaired) electrons. The summed E-state index contributed by atoms with van der Waals surface area (Å²) in [5.74, 6) is -1.64. The van der Waals surface area contributed by atoms with Crippen molar-refractivity contribution in [1.82, 2.24) is 10.3 Å². The molecule has 1 aromatic heterocycles. The molecule has 0 aliphatic heterocycles. The third-order valence-corrected chi connectivity index (χ3v) is 2.65. The molecule has 0 atom stereocenters. The lowest BCUT2D eigenvalue weighted by molar-refractivity contribution is 0.0946. The lowest BCUT2D eigenvalue weighted by Gasteiger charge is -2.09. The fraction of sp³-hybridized carbons (Fsp3) is 0.143.